The smallest absolute Gasteiger partial charge is 1.00 e. The minimum Gasteiger partial charge on any atom is -1.00 e. The molecule has 0 unspecified atom stereocenters. The summed E-state index contributed by atoms with van der Waals surface area (Å²) in [5.74, 6) is 0. The van der Waals surface area contributed by atoms with Crippen LogP contribution in [0.5, 0.6) is 0 Å². The molecule has 8 heavy (non-hydrogen) atoms. The van der Waals surface area contributed by atoms with Gasteiger partial charge < -0.3 is 22.0 Å². The number of halogens is 1. The number of thiazole rings is 1. The predicted octanol–water partition coefficient (Wildman–Crippen LogP) is -2.13. The van der Waals surface area contributed by atoms with Gasteiger partial charge in [-0.3, -0.25) is 11.3 Å². The second-order valence-electron chi connectivity index (χ2n) is 1.06. The van der Waals surface area contributed by atoms with Crippen LogP contribution in [0.25, 0.3) is 0 Å². The molecule has 1 aromatic rings. The summed E-state index contributed by atoms with van der Waals surface area (Å²) >= 11 is 1.54. The van der Waals surface area contributed by atoms with E-state index in [1.54, 1.807) is 17.5 Å². The van der Waals surface area contributed by atoms with Gasteiger partial charge in [0.2, 0.25) is 0 Å². The molecule has 0 aliphatic heterocycles. The molecule has 1 aromatic heterocycles. The van der Waals surface area contributed by atoms with Crippen molar-refractivity contribution in [1.29, 1.82) is 0 Å². The largest absolute Gasteiger partial charge is 2.00 e. The molecule has 0 aliphatic rings. The summed E-state index contributed by atoms with van der Waals surface area (Å²) in [6, 6.07) is 0. The molecule has 0 atom stereocenters. The minimum absolute atomic E-state index is 0. The zero-order valence-electron chi connectivity index (χ0n) is 4.52. The Bertz CT molecular complexity index is 120. The minimum atomic E-state index is 0. The van der Waals surface area contributed by atoms with Gasteiger partial charge in [0.05, 0.1) is 0 Å². The Labute approximate surface area is 79.4 Å². The van der Waals surface area contributed by atoms with Crippen LogP contribution in [-0.2, 0) is 0 Å². The molecular weight excluding hydrogens is 198 g/mol. The number of aromatic nitrogens is 1. The number of hydrogen-bond acceptors (Lipinski definition) is 2. The Hall–Kier alpha value is 0.876. The topological polar surface area (TPSA) is 12.9 Å². The molecule has 0 radical (unpaired) electrons. The van der Waals surface area contributed by atoms with Crippen molar-refractivity contribution in [3.63, 3.8) is 0 Å². The zero-order valence-corrected chi connectivity index (χ0v) is 8.33. The summed E-state index contributed by atoms with van der Waals surface area (Å²) in [5.41, 5.74) is 2.72. The number of rotatable bonds is 0. The fraction of sp³-hybridized carbons (Fsp3) is 0.250. The first-order valence-electron chi connectivity index (χ1n) is 1.68. The van der Waals surface area contributed by atoms with Crippen LogP contribution in [0.3, 0.4) is 0 Å². The van der Waals surface area contributed by atoms with E-state index in [1.807, 2.05) is 6.92 Å². The summed E-state index contributed by atoms with van der Waals surface area (Å²) < 4.78 is 0. The van der Waals surface area contributed by atoms with E-state index >= 15 is 0 Å². The molecule has 4 heteroatoms. The van der Waals surface area contributed by atoms with Crippen LogP contribution in [0, 0.1) is 12.4 Å². The summed E-state index contributed by atoms with van der Waals surface area (Å²) in [6.45, 7) is 2.01. The summed E-state index contributed by atoms with van der Waals surface area (Å²) in [6.07, 6.45) is 1.80. The fourth-order valence-electron chi connectivity index (χ4n) is 0.242. The molecule has 0 amide bonds. The maximum Gasteiger partial charge on any atom is 2.00 e. The first-order chi connectivity index (χ1) is 2.89. The van der Waals surface area contributed by atoms with Crippen LogP contribution >= 0.6 is 11.3 Å². The SMILES string of the molecule is Cc1cn[c-]s1.[Br-].[Mg+2]. The molecule has 1 rings (SSSR count). The molecule has 0 saturated heterocycles. The average Bonchev–Trinajstić information content (AvgIpc) is 1.86. The molecule has 1 heterocycles. The van der Waals surface area contributed by atoms with E-state index in [0.717, 1.165) is 0 Å². The van der Waals surface area contributed by atoms with Gasteiger partial charge in [-0.25, -0.2) is 0 Å². The van der Waals surface area contributed by atoms with Crippen molar-refractivity contribution < 1.29 is 17.0 Å². The Morgan fingerprint density at radius 2 is 2.38 bits per heavy atom. The van der Waals surface area contributed by atoms with Crippen LogP contribution in [0.1, 0.15) is 4.88 Å². The van der Waals surface area contributed by atoms with E-state index in [4.69, 9.17) is 0 Å². The molecule has 0 bridgehead atoms. The Balaban J connectivity index is 0. The van der Waals surface area contributed by atoms with Gasteiger partial charge in [-0.2, -0.15) is 0 Å². The third kappa shape index (κ3) is 3.83. The van der Waals surface area contributed by atoms with Gasteiger partial charge in [-0.15, -0.1) is 11.1 Å². The molecule has 0 fully saturated rings. The second kappa shape index (κ2) is 6.00. The standard InChI is InChI=1S/C4H4NS.BrH.Mg/c1-4-2-5-3-6-4;;/h2H,1H3;1H;/q-1;;+2/p-1. The van der Waals surface area contributed by atoms with Gasteiger partial charge in [0, 0.05) is 0 Å². The molecule has 0 aromatic carbocycles. The van der Waals surface area contributed by atoms with Gasteiger partial charge in [-0.1, -0.05) is 6.92 Å². The Morgan fingerprint density at radius 3 is 2.50 bits per heavy atom. The van der Waals surface area contributed by atoms with Gasteiger partial charge in [0.1, 0.15) is 0 Å². The third-order valence-corrected chi connectivity index (χ3v) is 1.13. The molecule has 0 aliphatic carbocycles. The monoisotopic (exact) mass is 201 g/mol. The Morgan fingerprint density at radius 1 is 1.75 bits per heavy atom. The fourth-order valence-corrected chi connectivity index (χ4v) is 0.597. The van der Waals surface area contributed by atoms with E-state index in [2.05, 4.69) is 10.5 Å². The van der Waals surface area contributed by atoms with E-state index in [1.165, 1.54) is 4.88 Å². The number of nitrogens with zero attached hydrogens (tertiary/aromatic N) is 1. The molecule has 0 spiro atoms. The Kier molecular flexibility index (Phi) is 8.74. The van der Waals surface area contributed by atoms with Gasteiger partial charge in [0.25, 0.3) is 0 Å². The first-order valence-corrected chi connectivity index (χ1v) is 2.50. The number of hydrogen-bond donors (Lipinski definition) is 0. The van der Waals surface area contributed by atoms with Crippen molar-refractivity contribution in [2.24, 2.45) is 0 Å². The first kappa shape index (κ1) is 11.6. The van der Waals surface area contributed by atoms with Crippen molar-refractivity contribution >= 4 is 34.4 Å². The molecule has 1 nitrogen and oxygen atoms in total. The third-order valence-electron chi connectivity index (χ3n) is 0.506. The quantitative estimate of drug-likeness (QED) is 0.346. The van der Waals surface area contributed by atoms with E-state index in [-0.39, 0.29) is 40.0 Å². The predicted molar refractivity (Wildman–Crippen MR) is 31.4 cm³/mol. The maximum atomic E-state index is 3.72. The second-order valence-corrected chi connectivity index (χ2v) is 2.09. The molecule has 0 N–H and O–H groups in total. The normalized spacial score (nSPS) is 6.62. The van der Waals surface area contributed by atoms with Crippen LogP contribution in [0.2, 0.25) is 0 Å². The van der Waals surface area contributed by atoms with Crippen LogP contribution in [0.15, 0.2) is 6.20 Å². The van der Waals surface area contributed by atoms with Crippen LogP contribution in [0.4, 0.5) is 0 Å². The van der Waals surface area contributed by atoms with Crippen molar-refractivity contribution in [2.75, 3.05) is 0 Å². The van der Waals surface area contributed by atoms with Crippen LogP contribution < -0.4 is 17.0 Å². The van der Waals surface area contributed by atoms with Gasteiger partial charge in [0.15, 0.2) is 0 Å². The van der Waals surface area contributed by atoms with E-state index in [0.29, 0.717) is 0 Å². The van der Waals surface area contributed by atoms with Crippen molar-refractivity contribution in [3.05, 3.63) is 16.6 Å². The number of aryl methyl sites for hydroxylation is 1. The van der Waals surface area contributed by atoms with E-state index in [9.17, 15) is 0 Å². The van der Waals surface area contributed by atoms with Crippen LogP contribution in [-0.4, -0.2) is 28.0 Å². The van der Waals surface area contributed by atoms with Crippen molar-refractivity contribution in [1.82, 2.24) is 4.98 Å². The molecular formula is C4H4BrMgNS. The van der Waals surface area contributed by atoms with Gasteiger partial charge >= 0.3 is 23.1 Å². The van der Waals surface area contributed by atoms with Crippen molar-refractivity contribution in [3.8, 4) is 0 Å². The summed E-state index contributed by atoms with van der Waals surface area (Å²) in [7, 11) is 0. The zero-order chi connectivity index (χ0) is 4.41. The van der Waals surface area contributed by atoms with Gasteiger partial charge in [-0.05, 0) is 5.51 Å². The van der Waals surface area contributed by atoms with E-state index < -0.39 is 0 Å². The average molecular weight is 202 g/mol. The molecule has 40 valence electrons. The summed E-state index contributed by atoms with van der Waals surface area (Å²) in [5, 5.41) is 0. The molecule has 0 saturated carbocycles. The maximum absolute atomic E-state index is 3.72. The summed E-state index contributed by atoms with van der Waals surface area (Å²) in [4.78, 5) is 4.93. The van der Waals surface area contributed by atoms with Crippen molar-refractivity contribution in [2.45, 2.75) is 6.92 Å².